The molecule has 1 fully saturated rings. The quantitative estimate of drug-likeness (QED) is 0.754. The molecule has 0 bridgehead atoms. The Morgan fingerprint density at radius 3 is 3.04 bits per heavy atom. The molecule has 1 aromatic carbocycles. The highest BCUT2D eigenvalue weighted by Crippen LogP contribution is 2.33. The van der Waals surface area contributed by atoms with E-state index in [9.17, 15) is 9.90 Å². The molecule has 4 rings (SSSR count). The van der Waals surface area contributed by atoms with Crippen molar-refractivity contribution in [2.24, 2.45) is 0 Å². The molecule has 0 radical (unpaired) electrons. The third-order valence-corrected chi connectivity index (χ3v) is 4.82. The van der Waals surface area contributed by atoms with Gasteiger partial charge in [0.2, 0.25) is 0 Å². The second-order valence-corrected chi connectivity index (χ2v) is 6.62. The topological polar surface area (TPSA) is 78.6 Å². The van der Waals surface area contributed by atoms with Crippen LogP contribution in [0.25, 0.3) is 10.9 Å². The Morgan fingerprint density at radius 2 is 2.27 bits per heavy atom. The highest BCUT2D eigenvalue weighted by atomic mass is 16.3. The predicted molar refractivity (Wildman–Crippen MR) is 101 cm³/mol. The number of pyridine rings is 1. The van der Waals surface area contributed by atoms with Gasteiger partial charge < -0.3 is 19.7 Å². The van der Waals surface area contributed by atoms with Crippen LogP contribution in [0.1, 0.15) is 29.1 Å². The van der Waals surface area contributed by atoms with Crippen molar-refractivity contribution in [1.82, 2.24) is 4.98 Å². The van der Waals surface area contributed by atoms with Gasteiger partial charge in [-0.1, -0.05) is 0 Å². The number of nitrogens with one attached hydrogen (secondary N) is 1. The van der Waals surface area contributed by atoms with Gasteiger partial charge in [0, 0.05) is 29.0 Å². The molecule has 134 valence electrons. The first-order valence-corrected chi connectivity index (χ1v) is 8.79. The monoisotopic (exact) mass is 351 g/mol. The molecule has 1 amide bonds. The van der Waals surface area contributed by atoms with Gasteiger partial charge in [0.1, 0.15) is 0 Å². The summed E-state index contributed by atoms with van der Waals surface area (Å²) in [6.07, 6.45) is 3.54. The van der Waals surface area contributed by atoms with E-state index in [-0.39, 0.29) is 24.3 Å². The van der Waals surface area contributed by atoms with E-state index in [4.69, 9.17) is 4.42 Å². The highest BCUT2D eigenvalue weighted by molar-refractivity contribution is 6.04. The fraction of sp³-hybridized carbons (Fsp3) is 0.300. The van der Waals surface area contributed by atoms with E-state index >= 15 is 0 Å². The second kappa shape index (κ2) is 6.80. The van der Waals surface area contributed by atoms with Gasteiger partial charge in [0.25, 0.3) is 5.91 Å². The van der Waals surface area contributed by atoms with E-state index in [1.807, 2.05) is 25.1 Å². The average molecular weight is 351 g/mol. The Balaban J connectivity index is 1.69. The first-order chi connectivity index (χ1) is 12.7. The Morgan fingerprint density at radius 1 is 1.38 bits per heavy atom. The van der Waals surface area contributed by atoms with Gasteiger partial charge in [0.15, 0.2) is 5.76 Å². The molecule has 1 aliphatic rings. The lowest BCUT2D eigenvalue weighted by molar-refractivity contribution is 0.0996. The van der Waals surface area contributed by atoms with Crippen LogP contribution < -0.4 is 10.2 Å². The Kier molecular flexibility index (Phi) is 4.34. The van der Waals surface area contributed by atoms with E-state index in [0.717, 1.165) is 41.7 Å². The van der Waals surface area contributed by atoms with Crippen molar-refractivity contribution < 1.29 is 14.3 Å². The molecule has 1 aliphatic heterocycles. The number of carbonyl (C=O) groups excluding carboxylic acids is 1. The maximum absolute atomic E-state index is 12.2. The van der Waals surface area contributed by atoms with E-state index in [0.29, 0.717) is 5.69 Å². The van der Waals surface area contributed by atoms with Crippen molar-refractivity contribution in [3.05, 3.63) is 54.1 Å². The fourth-order valence-electron chi connectivity index (χ4n) is 3.60. The van der Waals surface area contributed by atoms with E-state index in [2.05, 4.69) is 21.3 Å². The van der Waals surface area contributed by atoms with Gasteiger partial charge in [0.05, 0.1) is 24.4 Å². The summed E-state index contributed by atoms with van der Waals surface area (Å²) in [5.41, 5.74) is 3.49. The van der Waals surface area contributed by atoms with Crippen LogP contribution in [0.5, 0.6) is 0 Å². The van der Waals surface area contributed by atoms with Gasteiger partial charge >= 0.3 is 0 Å². The first-order valence-electron chi connectivity index (χ1n) is 8.79. The lowest BCUT2D eigenvalue weighted by Gasteiger charge is -2.27. The number of hydrogen-bond acceptors (Lipinski definition) is 5. The molecule has 0 saturated carbocycles. The number of aryl methyl sites for hydroxylation is 1. The summed E-state index contributed by atoms with van der Waals surface area (Å²) in [7, 11) is 0. The summed E-state index contributed by atoms with van der Waals surface area (Å²) in [6.45, 7) is 3.04. The number of hydrogen-bond donors (Lipinski definition) is 2. The molecule has 6 nitrogen and oxygen atoms in total. The molecule has 3 aromatic rings. The normalized spacial score (nSPS) is 17.0. The molecule has 3 heterocycles. The number of carbonyl (C=O) groups is 1. The molecule has 1 atom stereocenters. The molecular weight excluding hydrogens is 330 g/mol. The van der Waals surface area contributed by atoms with Gasteiger partial charge in [-0.25, -0.2) is 0 Å². The van der Waals surface area contributed by atoms with Gasteiger partial charge in [-0.15, -0.1) is 0 Å². The lowest BCUT2D eigenvalue weighted by Crippen LogP contribution is -2.32. The largest absolute Gasteiger partial charge is 0.459 e. The van der Waals surface area contributed by atoms with Crippen LogP contribution in [0.3, 0.4) is 0 Å². The zero-order chi connectivity index (χ0) is 18.1. The number of anilines is 2. The standard InChI is InChI=1S/C20H21N3O3/c1-13-10-18(23-8-2-4-15(23)12-24)16-7-6-14(11-17(16)21-13)22-20(25)19-5-3-9-26-19/h3,5-7,9-11,15,24H,2,4,8,12H2,1H3,(H,22,25)/t15-/m0/s1. The number of aliphatic hydroxyl groups is 1. The maximum Gasteiger partial charge on any atom is 0.291 e. The molecule has 0 unspecified atom stereocenters. The number of aromatic nitrogens is 1. The molecule has 26 heavy (non-hydrogen) atoms. The summed E-state index contributed by atoms with van der Waals surface area (Å²) < 4.78 is 5.13. The minimum absolute atomic E-state index is 0.151. The minimum atomic E-state index is -0.290. The number of nitrogens with zero attached hydrogens (tertiary/aromatic N) is 2. The van der Waals surface area contributed by atoms with Crippen LogP contribution in [-0.2, 0) is 0 Å². The maximum atomic E-state index is 12.2. The number of aliphatic hydroxyl groups excluding tert-OH is 1. The van der Waals surface area contributed by atoms with E-state index in [1.165, 1.54) is 6.26 Å². The number of amides is 1. The highest BCUT2D eigenvalue weighted by Gasteiger charge is 2.25. The van der Waals surface area contributed by atoms with Crippen LogP contribution >= 0.6 is 0 Å². The lowest BCUT2D eigenvalue weighted by atomic mass is 10.1. The number of benzene rings is 1. The second-order valence-electron chi connectivity index (χ2n) is 6.62. The Hall–Kier alpha value is -2.86. The molecule has 2 aromatic heterocycles. The van der Waals surface area contributed by atoms with E-state index in [1.54, 1.807) is 12.1 Å². The van der Waals surface area contributed by atoms with Gasteiger partial charge in [-0.3, -0.25) is 9.78 Å². The van der Waals surface area contributed by atoms with Crippen LogP contribution in [0, 0.1) is 6.92 Å². The van der Waals surface area contributed by atoms with Crippen molar-refractivity contribution in [1.29, 1.82) is 0 Å². The van der Waals surface area contributed by atoms with Crippen LogP contribution in [0.2, 0.25) is 0 Å². The molecule has 6 heteroatoms. The van der Waals surface area contributed by atoms with Crippen LogP contribution in [-0.4, -0.2) is 35.2 Å². The minimum Gasteiger partial charge on any atom is -0.459 e. The van der Waals surface area contributed by atoms with Crippen molar-refractivity contribution in [3.8, 4) is 0 Å². The molecule has 0 aliphatic carbocycles. The molecule has 1 saturated heterocycles. The zero-order valence-electron chi connectivity index (χ0n) is 14.6. The van der Waals surface area contributed by atoms with Crippen molar-refractivity contribution in [2.45, 2.75) is 25.8 Å². The van der Waals surface area contributed by atoms with Crippen LogP contribution in [0.4, 0.5) is 11.4 Å². The smallest absolute Gasteiger partial charge is 0.291 e. The fourth-order valence-corrected chi connectivity index (χ4v) is 3.60. The van der Waals surface area contributed by atoms with Crippen LogP contribution in [0.15, 0.2) is 47.1 Å². The van der Waals surface area contributed by atoms with Gasteiger partial charge in [-0.05, 0) is 56.2 Å². The number of furan rings is 1. The zero-order valence-corrected chi connectivity index (χ0v) is 14.6. The number of fused-ring (bicyclic) bond motifs is 1. The van der Waals surface area contributed by atoms with Crippen molar-refractivity contribution in [2.75, 3.05) is 23.4 Å². The van der Waals surface area contributed by atoms with E-state index < -0.39 is 0 Å². The van der Waals surface area contributed by atoms with Crippen molar-refractivity contribution in [3.63, 3.8) is 0 Å². The predicted octanol–water partition coefficient (Wildman–Crippen LogP) is 3.35. The first kappa shape index (κ1) is 16.6. The summed E-state index contributed by atoms with van der Waals surface area (Å²) in [5.74, 6) is -0.0204. The molecular formula is C20H21N3O3. The third kappa shape index (κ3) is 3.04. The van der Waals surface area contributed by atoms with Crippen molar-refractivity contribution >= 4 is 28.2 Å². The Bertz CT molecular complexity index is 937. The summed E-state index contributed by atoms with van der Waals surface area (Å²) in [6, 6.07) is 11.2. The third-order valence-electron chi connectivity index (χ3n) is 4.82. The summed E-state index contributed by atoms with van der Waals surface area (Å²) in [5, 5.41) is 13.5. The molecule has 2 N–H and O–H groups in total. The SMILES string of the molecule is Cc1cc(N2CCC[C@H]2CO)c2ccc(NC(=O)c3ccco3)cc2n1. The number of rotatable bonds is 4. The average Bonchev–Trinajstić information content (AvgIpc) is 3.32. The summed E-state index contributed by atoms with van der Waals surface area (Å²) in [4.78, 5) is 19.1. The Labute approximate surface area is 151 Å². The summed E-state index contributed by atoms with van der Waals surface area (Å²) >= 11 is 0. The molecule has 0 spiro atoms. The van der Waals surface area contributed by atoms with Gasteiger partial charge in [-0.2, -0.15) is 0 Å².